The first kappa shape index (κ1) is 19.3. The highest BCUT2D eigenvalue weighted by Crippen LogP contribution is 2.29. The molecule has 1 atom stereocenters. The summed E-state index contributed by atoms with van der Waals surface area (Å²) in [5.74, 6) is -1.51. The van der Waals surface area contributed by atoms with Crippen LogP contribution in [-0.2, 0) is 17.4 Å². The molecule has 0 saturated carbocycles. The second-order valence-electron chi connectivity index (χ2n) is 6.06. The van der Waals surface area contributed by atoms with Crippen molar-refractivity contribution in [3.63, 3.8) is 0 Å². The Hall–Kier alpha value is -3.49. The predicted octanol–water partition coefficient (Wildman–Crippen LogP) is 2.47. The van der Waals surface area contributed by atoms with E-state index in [0.717, 1.165) is 24.3 Å². The van der Waals surface area contributed by atoms with E-state index in [2.05, 4.69) is 15.3 Å². The van der Waals surface area contributed by atoms with Gasteiger partial charge in [-0.25, -0.2) is 4.98 Å². The van der Waals surface area contributed by atoms with Crippen LogP contribution in [0.15, 0.2) is 54.7 Å². The Kier molecular flexibility index (Phi) is 5.25. The first-order chi connectivity index (χ1) is 13.2. The Morgan fingerprint density at radius 2 is 1.68 bits per heavy atom. The summed E-state index contributed by atoms with van der Waals surface area (Å²) < 4.78 is 37.8. The minimum absolute atomic E-state index is 0.000454. The second-order valence-corrected chi connectivity index (χ2v) is 6.06. The summed E-state index contributed by atoms with van der Waals surface area (Å²) in [6.45, 7) is 0. The van der Waals surface area contributed by atoms with Gasteiger partial charge in [0.15, 0.2) is 0 Å². The second kappa shape index (κ2) is 7.63. The number of nitrogens with two attached hydrogens (primary N) is 1. The number of benzene rings is 2. The summed E-state index contributed by atoms with van der Waals surface area (Å²) in [7, 11) is 0. The highest BCUT2D eigenvalue weighted by atomic mass is 19.4. The Bertz CT molecular complexity index is 1020. The number of fused-ring (bicyclic) bond motifs is 1. The maximum absolute atomic E-state index is 12.6. The van der Waals surface area contributed by atoms with Gasteiger partial charge in [-0.2, -0.15) is 13.2 Å². The van der Waals surface area contributed by atoms with E-state index in [-0.39, 0.29) is 12.0 Å². The topological polar surface area (TPSA) is 98.0 Å². The van der Waals surface area contributed by atoms with E-state index in [1.807, 2.05) is 6.07 Å². The van der Waals surface area contributed by atoms with Crippen molar-refractivity contribution in [2.75, 3.05) is 0 Å². The van der Waals surface area contributed by atoms with Crippen LogP contribution >= 0.6 is 0 Å². The molecule has 0 aliphatic heterocycles. The van der Waals surface area contributed by atoms with Gasteiger partial charge in [0, 0.05) is 18.2 Å². The van der Waals surface area contributed by atoms with Crippen molar-refractivity contribution in [3.8, 4) is 0 Å². The smallest absolute Gasteiger partial charge is 0.368 e. The molecule has 0 radical (unpaired) electrons. The van der Waals surface area contributed by atoms with Crippen LogP contribution in [0.25, 0.3) is 11.0 Å². The summed E-state index contributed by atoms with van der Waals surface area (Å²) >= 11 is 0. The lowest BCUT2D eigenvalue weighted by Crippen LogP contribution is -2.46. The van der Waals surface area contributed by atoms with Crippen molar-refractivity contribution in [2.24, 2.45) is 5.73 Å². The average Bonchev–Trinajstić information content (AvgIpc) is 2.66. The van der Waals surface area contributed by atoms with Gasteiger partial charge in [0.25, 0.3) is 5.91 Å². The summed E-state index contributed by atoms with van der Waals surface area (Å²) in [5, 5.41) is 2.42. The first-order valence-electron chi connectivity index (χ1n) is 8.22. The number of nitrogens with one attached hydrogen (secondary N) is 1. The molecule has 9 heteroatoms. The van der Waals surface area contributed by atoms with Crippen molar-refractivity contribution >= 4 is 22.8 Å². The maximum Gasteiger partial charge on any atom is 0.416 e. The number of carbonyl (C=O) groups is 2. The third kappa shape index (κ3) is 4.43. The Balaban J connectivity index is 1.75. The number of primary amides is 1. The van der Waals surface area contributed by atoms with Gasteiger partial charge >= 0.3 is 6.18 Å². The molecule has 3 rings (SSSR count). The largest absolute Gasteiger partial charge is 0.416 e. The molecule has 1 heterocycles. The normalized spacial score (nSPS) is 12.5. The van der Waals surface area contributed by atoms with Crippen LogP contribution in [0, 0.1) is 0 Å². The van der Waals surface area contributed by atoms with Crippen molar-refractivity contribution in [2.45, 2.75) is 18.6 Å². The summed E-state index contributed by atoms with van der Waals surface area (Å²) in [6, 6.07) is 9.71. The lowest BCUT2D eigenvalue weighted by molar-refractivity contribution is -0.137. The van der Waals surface area contributed by atoms with Gasteiger partial charge in [-0.05, 0) is 36.4 Å². The molecular weight excluding hydrogens is 373 g/mol. The zero-order chi connectivity index (χ0) is 20.3. The molecule has 28 heavy (non-hydrogen) atoms. The summed E-state index contributed by atoms with van der Waals surface area (Å²) in [5.41, 5.74) is 6.20. The fraction of sp³-hybridized carbons (Fsp3) is 0.158. The lowest BCUT2D eigenvalue weighted by Gasteiger charge is -2.15. The minimum Gasteiger partial charge on any atom is -0.368 e. The number of alkyl halides is 3. The van der Waals surface area contributed by atoms with Crippen LogP contribution in [0.2, 0.25) is 0 Å². The highest BCUT2D eigenvalue weighted by Gasteiger charge is 2.30. The number of halogens is 3. The van der Waals surface area contributed by atoms with Gasteiger partial charge < -0.3 is 11.1 Å². The van der Waals surface area contributed by atoms with Crippen LogP contribution in [0.5, 0.6) is 0 Å². The minimum atomic E-state index is -4.50. The van der Waals surface area contributed by atoms with Gasteiger partial charge in [-0.1, -0.05) is 12.1 Å². The average molecular weight is 388 g/mol. The molecule has 3 aromatic rings. The molecule has 144 valence electrons. The number of carbonyl (C=O) groups excluding carboxylic acids is 2. The standard InChI is InChI=1S/C19H15F3N4O2/c20-19(21,22)12-7-5-11(6-8-12)18(28)26-16(17(23)27)9-13-10-24-14-3-1-2-4-15(14)25-13/h1-8,10,16H,9H2,(H2,23,27)(H,26,28)/t16-/m0/s1. The highest BCUT2D eigenvalue weighted by molar-refractivity contribution is 5.97. The van der Waals surface area contributed by atoms with Crippen molar-refractivity contribution in [1.29, 1.82) is 0 Å². The number of rotatable bonds is 5. The molecule has 0 fully saturated rings. The summed E-state index contributed by atoms with van der Waals surface area (Å²) in [4.78, 5) is 32.6. The zero-order valence-electron chi connectivity index (χ0n) is 14.4. The quantitative estimate of drug-likeness (QED) is 0.702. The van der Waals surface area contributed by atoms with Crippen molar-refractivity contribution in [1.82, 2.24) is 15.3 Å². The molecule has 0 aliphatic rings. The van der Waals surface area contributed by atoms with Crippen LogP contribution in [0.1, 0.15) is 21.6 Å². The van der Waals surface area contributed by atoms with Crippen molar-refractivity contribution < 1.29 is 22.8 Å². The molecule has 2 aromatic carbocycles. The van der Waals surface area contributed by atoms with Gasteiger partial charge in [0.05, 0.1) is 22.3 Å². The third-order valence-corrected chi connectivity index (χ3v) is 4.03. The van der Waals surface area contributed by atoms with Crippen LogP contribution in [-0.4, -0.2) is 27.8 Å². The van der Waals surface area contributed by atoms with Crippen molar-refractivity contribution in [3.05, 3.63) is 71.5 Å². The molecule has 1 aromatic heterocycles. The number of hydrogen-bond donors (Lipinski definition) is 2. The maximum atomic E-state index is 12.6. The van der Waals surface area contributed by atoms with Gasteiger partial charge in [-0.15, -0.1) is 0 Å². The monoisotopic (exact) mass is 388 g/mol. The van der Waals surface area contributed by atoms with Gasteiger partial charge in [-0.3, -0.25) is 14.6 Å². The first-order valence-corrected chi connectivity index (χ1v) is 8.22. The van der Waals surface area contributed by atoms with E-state index >= 15 is 0 Å². The van der Waals surface area contributed by atoms with Gasteiger partial charge in [0.1, 0.15) is 6.04 Å². The number of hydrogen-bond acceptors (Lipinski definition) is 4. The predicted molar refractivity (Wildman–Crippen MR) is 95.1 cm³/mol. The summed E-state index contributed by atoms with van der Waals surface area (Å²) in [6.07, 6.45) is -3.03. The lowest BCUT2D eigenvalue weighted by atomic mass is 10.1. The number of amides is 2. The fourth-order valence-corrected chi connectivity index (χ4v) is 2.58. The molecule has 6 nitrogen and oxygen atoms in total. The van der Waals surface area contributed by atoms with Crippen LogP contribution < -0.4 is 11.1 Å². The fourth-order valence-electron chi connectivity index (χ4n) is 2.58. The molecular formula is C19H15F3N4O2. The number of nitrogens with zero attached hydrogens (tertiary/aromatic N) is 2. The van der Waals surface area contributed by atoms with Gasteiger partial charge in [0.2, 0.25) is 5.91 Å². The Morgan fingerprint density at radius 3 is 2.29 bits per heavy atom. The van der Waals surface area contributed by atoms with E-state index in [1.165, 1.54) is 6.20 Å². The van der Waals surface area contributed by atoms with E-state index in [0.29, 0.717) is 16.7 Å². The van der Waals surface area contributed by atoms with E-state index in [9.17, 15) is 22.8 Å². The van der Waals surface area contributed by atoms with E-state index < -0.39 is 29.6 Å². The molecule has 0 saturated heterocycles. The molecule has 2 amide bonds. The third-order valence-electron chi connectivity index (χ3n) is 4.03. The van der Waals surface area contributed by atoms with Crippen LogP contribution in [0.4, 0.5) is 13.2 Å². The number of aromatic nitrogens is 2. The molecule has 0 aliphatic carbocycles. The van der Waals surface area contributed by atoms with E-state index in [4.69, 9.17) is 5.73 Å². The molecule has 0 bridgehead atoms. The van der Waals surface area contributed by atoms with E-state index in [1.54, 1.807) is 18.2 Å². The molecule has 0 unspecified atom stereocenters. The SMILES string of the molecule is NC(=O)[C@H](Cc1cnc2ccccc2n1)NC(=O)c1ccc(C(F)(F)F)cc1. The molecule has 0 spiro atoms. The molecule has 3 N–H and O–H groups in total. The van der Waals surface area contributed by atoms with Crippen LogP contribution in [0.3, 0.4) is 0 Å². The number of para-hydroxylation sites is 2. The Morgan fingerprint density at radius 1 is 1.04 bits per heavy atom. The zero-order valence-corrected chi connectivity index (χ0v) is 14.4. The Labute approximate surface area is 157 Å².